The van der Waals surface area contributed by atoms with E-state index in [1.807, 2.05) is 13.0 Å². The maximum Gasteiger partial charge on any atom is 0.289 e. The fraction of sp³-hybridized carbons (Fsp3) is 0.400. The lowest BCUT2D eigenvalue weighted by Gasteiger charge is -2.42. The van der Waals surface area contributed by atoms with E-state index in [2.05, 4.69) is 0 Å². The minimum absolute atomic E-state index is 0.132. The summed E-state index contributed by atoms with van der Waals surface area (Å²) in [5.74, 6) is 0.465. The van der Waals surface area contributed by atoms with Crippen molar-refractivity contribution in [2.75, 3.05) is 25.4 Å². The first-order valence-corrected chi connectivity index (χ1v) is 8.10. The van der Waals surface area contributed by atoms with Gasteiger partial charge in [0.05, 0.1) is 24.0 Å². The van der Waals surface area contributed by atoms with Crippen LogP contribution in [0.2, 0.25) is 0 Å². The summed E-state index contributed by atoms with van der Waals surface area (Å²) in [6.45, 7) is 3.12. The Morgan fingerprint density at radius 1 is 1.32 bits per heavy atom. The Balaban J connectivity index is 1.67. The maximum absolute atomic E-state index is 12.5. The highest BCUT2D eigenvalue weighted by Crippen LogP contribution is 2.28. The number of para-hydroxylation sites is 1. The highest BCUT2D eigenvalue weighted by Gasteiger charge is 2.43. The van der Waals surface area contributed by atoms with Gasteiger partial charge < -0.3 is 9.64 Å². The van der Waals surface area contributed by atoms with E-state index in [9.17, 15) is 14.4 Å². The number of amides is 3. The molecule has 7 heteroatoms. The maximum atomic E-state index is 12.5. The summed E-state index contributed by atoms with van der Waals surface area (Å²) in [6, 6.07) is 6.90. The number of hydrogen-bond donors (Lipinski definition) is 0. The van der Waals surface area contributed by atoms with Crippen LogP contribution in [0.4, 0.5) is 4.79 Å². The molecule has 0 saturated carbocycles. The second-order valence-corrected chi connectivity index (χ2v) is 6.04. The normalized spacial score (nSPS) is 18.6. The number of hydrogen-bond acceptors (Lipinski definition) is 5. The zero-order valence-corrected chi connectivity index (χ0v) is 13.0. The Bertz CT molecular complexity index is 612. The number of benzene rings is 1. The summed E-state index contributed by atoms with van der Waals surface area (Å²) in [5.41, 5.74) is 0.510. The predicted octanol–water partition coefficient (Wildman–Crippen LogP) is 1.61. The third-order valence-corrected chi connectivity index (χ3v) is 4.55. The number of likely N-dealkylation sites (tertiary alicyclic amines) is 1. The van der Waals surface area contributed by atoms with Crippen molar-refractivity contribution < 1.29 is 19.1 Å². The van der Waals surface area contributed by atoms with Crippen molar-refractivity contribution in [2.45, 2.75) is 13.0 Å². The van der Waals surface area contributed by atoms with E-state index < -0.39 is 0 Å². The van der Waals surface area contributed by atoms with Gasteiger partial charge in [-0.25, -0.2) is 0 Å². The van der Waals surface area contributed by atoms with Crippen molar-refractivity contribution in [1.29, 1.82) is 0 Å². The average molecular weight is 320 g/mol. The van der Waals surface area contributed by atoms with Gasteiger partial charge in [0, 0.05) is 13.1 Å². The molecule has 2 heterocycles. The molecule has 0 unspecified atom stereocenters. The molecule has 0 aliphatic carbocycles. The first-order chi connectivity index (χ1) is 10.6. The fourth-order valence-corrected chi connectivity index (χ4v) is 3.37. The number of imide groups is 1. The van der Waals surface area contributed by atoms with E-state index >= 15 is 0 Å². The minimum atomic E-state index is -0.211. The average Bonchev–Trinajstić information content (AvgIpc) is 2.79. The Hall–Kier alpha value is -2.02. The molecule has 2 saturated heterocycles. The zero-order valence-electron chi connectivity index (χ0n) is 12.2. The molecule has 22 heavy (non-hydrogen) atoms. The van der Waals surface area contributed by atoms with Crippen LogP contribution < -0.4 is 4.74 Å². The molecule has 2 aliphatic rings. The summed E-state index contributed by atoms with van der Waals surface area (Å²) in [6.07, 6.45) is 0. The van der Waals surface area contributed by atoms with Crippen LogP contribution in [-0.4, -0.2) is 58.3 Å². The largest absolute Gasteiger partial charge is 0.493 e. The van der Waals surface area contributed by atoms with E-state index in [0.717, 1.165) is 11.8 Å². The van der Waals surface area contributed by atoms with Crippen LogP contribution in [0, 0.1) is 0 Å². The second-order valence-electron chi connectivity index (χ2n) is 5.11. The lowest BCUT2D eigenvalue weighted by molar-refractivity contribution is -0.128. The van der Waals surface area contributed by atoms with Gasteiger partial charge in [-0.05, 0) is 19.1 Å². The van der Waals surface area contributed by atoms with Gasteiger partial charge in [0.25, 0.3) is 11.1 Å². The van der Waals surface area contributed by atoms with Crippen molar-refractivity contribution >= 4 is 28.8 Å². The van der Waals surface area contributed by atoms with Gasteiger partial charge in [0.2, 0.25) is 5.91 Å². The minimum Gasteiger partial charge on any atom is -0.493 e. The van der Waals surface area contributed by atoms with Crippen LogP contribution in [-0.2, 0) is 4.79 Å². The Morgan fingerprint density at radius 3 is 2.68 bits per heavy atom. The van der Waals surface area contributed by atoms with E-state index in [1.165, 1.54) is 4.90 Å². The van der Waals surface area contributed by atoms with E-state index in [0.29, 0.717) is 31.0 Å². The molecule has 116 valence electrons. The van der Waals surface area contributed by atoms with Crippen LogP contribution in [0.15, 0.2) is 24.3 Å². The summed E-state index contributed by atoms with van der Waals surface area (Å²) >= 11 is 1.02. The Kier molecular flexibility index (Phi) is 4.06. The first-order valence-electron chi connectivity index (χ1n) is 7.11. The summed E-state index contributed by atoms with van der Waals surface area (Å²) in [7, 11) is 0. The molecule has 3 rings (SSSR count). The molecule has 0 aromatic heterocycles. The van der Waals surface area contributed by atoms with E-state index in [4.69, 9.17) is 4.74 Å². The lowest BCUT2D eigenvalue weighted by atomic mass is 10.0. The summed E-state index contributed by atoms with van der Waals surface area (Å²) in [4.78, 5) is 38.7. The third-order valence-electron chi connectivity index (χ3n) is 3.72. The van der Waals surface area contributed by atoms with Crippen molar-refractivity contribution in [1.82, 2.24) is 9.80 Å². The first kappa shape index (κ1) is 14.9. The Morgan fingerprint density at radius 2 is 2.05 bits per heavy atom. The second kappa shape index (κ2) is 6.00. The number of thioether (sulfide) groups is 1. The van der Waals surface area contributed by atoms with Gasteiger partial charge in [-0.15, -0.1) is 0 Å². The van der Waals surface area contributed by atoms with Gasteiger partial charge in [-0.3, -0.25) is 19.3 Å². The van der Waals surface area contributed by atoms with Gasteiger partial charge in [0.1, 0.15) is 5.75 Å². The number of rotatable bonds is 4. The molecule has 0 radical (unpaired) electrons. The smallest absolute Gasteiger partial charge is 0.289 e. The van der Waals surface area contributed by atoms with Gasteiger partial charge >= 0.3 is 0 Å². The quantitative estimate of drug-likeness (QED) is 0.843. The third kappa shape index (κ3) is 2.56. The highest BCUT2D eigenvalue weighted by atomic mass is 32.2. The standard InChI is InChI=1S/C15H16N2O4S/c1-2-21-12-6-4-3-5-11(12)14(19)16-7-10(8-16)17-13(18)9-22-15(17)20/h3-6,10H,2,7-9H2,1H3. The van der Waals surface area contributed by atoms with Gasteiger partial charge in [-0.1, -0.05) is 23.9 Å². The molecule has 2 aliphatic heterocycles. The van der Waals surface area contributed by atoms with Crippen molar-refractivity contribution in [3.05, 3.63) is 29.8 Å². The van der Waals surface area contributed by atoms with Crippen molar-refractivity contribution in [2.24, 2.45) is 0 Å². The summed E-state index contributed by atoms with van der Waals surface area (Å²) in [5, 5.41) is -0.211. The monoisotopic (exact) mass is 320 g/mol. The molecule has 3 amide bonds. The number of ether oxygens (including phenoxy) is 1. The van der Waals surface area contributed by atoms with Crippen LogP contribution >= 0.6 is 11.8 Å². The molecule has 1 aromatic rings. The van der Waals surface area contributed by atoms with Crippen LogP contribution in [0.25, 0.3) is 0 Å². The molecule has 0 spiro atoms. The topological polar surface area (TPSA) is 66.9 Å². The van der Waals surface area contributed by atoms with Crippen molar-refractivity contribution in [3.8, 4) is 5.75 Å². The molecule has 6 nitrogen and oxygen atoms in total. The number of nitrogens with zero attached hydrogens (tertiary/aromatic N) is 2. The molecule has 2 fully saturated rings. The van der Waals surface area contributed by atoms with Crippen LogP contribution in [0.1, 0.15) is 17.3 Å². The Labute approximate surface area is 132 Å². The molecular formula is C15H16N2O4S. The fourth-order valence-electron chi connectivity index (χ4n) is 2.60. The number of carbonyl (C=O) groups excluding carboxylic acids is 3. The lowest BCUT2D eigenvalue weighted by Crippen LogP contribution is -2.62. The highest BCUT2D eigenvalue weighted by molar-refractivity contribution is 8.14. The predicted molar refractivity (Wildman–Crippen MR) is 82.0 cm³/mol. The summed E-state index contributed by atoms with van der Waals surface area (Å²) < 4.78 is 5.47. The van der Waals surface area contributed by atoms with Gasteiger partial charge in [-0.2, -0.15) is 0 Å². The van der Waals surface area contributed by atoms with E-state index in [1.54, 1.807) is 23.1 Å². The molecular weight excluding hydrogens is 304 g/mol. The van der Waals surface area contributed by atoms with Crippen LogP contribution in [0.5, 0.6) is 5.75 Å². The molecule has 0 bridgehead atoms. The molecule has 0 atom stereocenters. The van der Waals surface area contributed by atoms with Crippen molar-refractivity contribution in [3.63, 3.8) is 0 Å². The number of carbonyl (C=O) groups is 3. The molecule has 0 N–H and O–H groups in total. The van der Waals surface area contributed by atoms with Gasteiger partial charge in [0.15, 0.2) is 0 Å². The zero-order chi connectivity index (χ0) is 15.7. The molecule has 1 aromatic carbocycles. The SMILES string of the molecule is CCOc1ccccc1C(=O)N1CC(N2C(=O)CSC2=O)C1. The van der Waals surface area contributed by atoms with Crippen LogP contribution in [0.3, 0.4) is 0 Å². The van der Waals surface area contributed by atoms with E-state index in [-0.39, 0.29) is 28.8 Å².